The van der Waals surface area contributed by atoms with Gasteiger partial charge in [-0.2, -0.15) is 5.26 Å². The second-order valence-electron chi connectivity index (χ2n) is 15.2. The Hall–Kier alpha value is -7.28. The highest BCUT2D eigenvalue weighted by molar-refractivity contribution is 5.89. The number of hydrogen-bond donors (Lipinski definition) is 0. The molecule has 6 heteroatoms. The number of fused-ring (bicyclic) bond motifs is 4. The van der Waals surface area contributed by atoms with Crippen molar-refractivity contribution < 1.29 is 9.47 Å². The smallest absolute Gasteiger partial charge is 0.232 e. The molecule has 2 heterocycles. The van der Waals surface area contributed by atoms with Crippen LogP contribution >= 0.6 is 0 Å². The van der Waals surface area contributed by atoms with E-state index in [0.29, 0.717) is 11.5 Å². The van der Waals surface area contributed by atoms with E-state index in [1.165, 1.54) is 22.3 Å². The molecule has 2 aliphatic rings. The van der Waals surface area contributed by atoms with Gasteiger partial charge in [0.15, 0.2) is 5.75 Å². The summed E-state index contributed by atoms with van der Waals surface area (Å²) in [6, 6.07) is 54.9. The van der Waals surface area contributed by atoms with Gasteiger partial charge in [0.25, 0.3) is 0 Å². The minimum atomic E-state index is -0.218. The number of rotatable bonds is 6. The van der Waals surface area contributed by atoms with Crippen LogP contribution in [0.5, 0.6) is 23.0 Å². The minimum absolute atomic E-state index is 0.218. The first-order valence-electron chi connectivity index (χ1n) is 18.7. The van der Waals surface area contributed by atoms with Gasteiger partial charge in [0.1, 0.15) is 23.3 Å². The average molecular weight is 727 g/mol. The van der Waals surface area contributed by atoms with Crippen LogP contribution in [0.2, 0.25) is 0 Å². The minimum Gasteiger partial charge on any atom is -0.466 e. The summed E-state index contributed by atoms with van der Waals surface area (Å²) < 4.78 is 13.3. The van der Waals surface area contributed by atoms with Crippen LogP contribution in [-0.4, -0.2) is 0 Å². The lowest BCUT2D eigenvalue weighted by Crippen LogP contribution is -2.30. The number of anilines is 6. The fourth-order valence-electron chi connectivity index (χ4n) is 8.44. The van der Waals surface area contributed by atoms with Crippen molar-refractivity contribution in [1.82, 2.24) is 0 Å². The lowest BCUT2D eigenvalue weighted by Gasteiger charge is -2.42. The van der Waals surface area contributed by atoms with E-state index in [1.807, 2.05) is 48.5 Å². The van der Waals surface area contributed by atoms with Crippen molar-refractivity contribution in [2.45, 2.75) is 38.5 Å². The highest BCUT2D eigenvalue weighted by Crippen LogP contribution is 2.56. The molecule has 56 heavy (non-hydrogen) atoms. The summed E-state index contributed by atoms with van der Waals surface area (Å²) in [6.45, 7) is 17.2. The summed E-state index contributed by atoms with van der Waals surface area (Å²) >= 11 is 0. The fourth-order valence-corrected chi connectivity index (χ4v) is 8.44. The molecule has 0 fully saturated rings. The predicted octanol–water partition coefficient (Wildman–Crippen LogP) is 13.9. The Morgan fingerprint density at radius 1 is 0.464 bits per heavy atom. The van der Waals surface area contributed by atoms with E-state index >= 15 is 0 Å². The van der Waals surface area contributed by atoms with Crippen LogP contribution in [0.4, 0.5) is 39.8 Å². The van der Waals surface area contributed by atoms with E-state index in [1.54, 1.807) is 12.1 Å². The standard InChI is InChI=1S/C50H38N4O2/c1-49(2)34-18-6-10-22-39(34)53(40-23-11-7-19-35(40)49)43-26-14-16-28-45(43)55-47-31-38(52-5)48(30-33(47)32-51)56-46-29-17-15-27-44(46)54-41-24-12-8-20-36(41)50(3,4)37-21-9-13-25-42(37)54/h6-31H,1-4H3. The Morgan fingerprint density at radius 3 is 1.18 bits per heavy atom. The van der Waals surface area contributed by atoms with Gasteiger partial charge in [0, 0.05) is 10.8 Å². The van der Waals surface area contributed by atoms with Crippen molar-refractivity contribution in [2.75, 3.05) is 9.80 Å². The molecule has 0 spiro atoms. The molecule has 7 aromatic carbocycles. The molecular formula is C50H38N4O2. The maximum atomic E-state index is 10.5. The maximum Gasteiger partial charge on any atom is 0.232 e. The number of benzene rings is 7. The lowest BCUT2D eigenvalue weighted by molar-refractivity contribution is 0.471. The molecule has 0 saturated heterocycles. The zero-order valence-corrected chi connectivity index (χ0v) is 31.6. The van der Waals surface area contributed by atoms with Crippen LogP contribution in [0.25, 0.3) is 4.85 Å². The van der Waals surface area contributed by atoms with Gasteiger partial charge in [-0.05, 0) is 82.9 Å². The van der Waals surface area contributed by atoms with Crippen molar-refractivity contribution in [1.29, 1.82) is 5.26 Å². The molecule has 7 aromatic rings. The quantitative estimate of drug-likeness (QED) is 0.160. The van der Waals surface area contributed by atoms with E-state index in [4.69, 9.17) is 16.0 Å². The van der Waals surface area contributed by atoms with Crippen LogP contribution in [0.1, 0.15) is 55.5 Å². The summed E-state index contributed by atoms with van der Waals surface area (Å²) in [5, 5.41) is 10.5. The van der Waals surface area contributed by atoms with Gasteiger partial charge in [0.05, 0.1) is 46.3 Å². The summed E-state index contributed by atoms with van der Waals surface area (Å²) in [5.41, 5.74) is 10.7. The Labute approximate surface area is 327 Å². The molecule has 0 N–H and O–H groups in total. The Morgan fingerprint density at radius 2 is 0.804 bits per heavy atom. The van der Waals surface area contributed by atoms with Crippen LogP contribution < -0.4 is 19.3 Å². The van der Waals surface area contributed by atoms with E-state index in [0.717, 1.165) is 34.1 Å². The predicted molar refractivity (Wildman–Crippen MR) is 224 cm³/mol. The van der Waals surface area contributed by atoms with Crippen molar-refractivity contribution in [2.24, 2.45) is 0 Å². The van der Waals surface area contributed by atoms with Crippen molar-refractivity contribution in [3.8, 4) is 29.1 Å². The van der Waals surface area contributed by atoms with Crippen LogP contribution in [0.3, 0.4) is 0 Å². The van der Waals surface area contributed by atoms with Crippen LogP contribution in [0.15, 0.2) is 158 Å². The van der Waals surface area contributed by atoms with Crippen molar-refractivity contribution in [3.05, 3.63) is 197 Å². The average Bonchev–Trinajstić information content (AvgIpc) is 3.22. The third-order valence-corrected chi connectivity index (χ3v) is 11.2. The van der Waals surface area contributed by atoms with Gasteiger partial charge in [-0.1, -0.05) is 125 Å². The van der Waals surface area contributed by atoms with Gasteiger partial charge in [-0.15, -0.1) is 0 Å². The molecule has 9 rings (SSSR count). The SMILES string of the molecule is [C-]#[N+]c1cc(Oc2ccccc2N2c3ccccc3C(C)(C)c3ccccc32)c(C#N)cc1Oc1ccccc1N1c2ccccc2C(C)(C)c2ccccc21. The Bertz CT molecular complexity index is 2480. The first-order valence-corrected chi connectivity index (χ1v) is 18.7. The lowest BCUT2D eigenvalue weighted by atomic mass is 9.73. The van der Waals surface area contributed by atoms with Crippen LogP contribution in [0, 0.1) is 17.9 Å². The molecule has 0 radical (unpaired) electrons. The number of nitrogens with zero attached hydrogens (tertiary/aromatic N) is 4. The highest BCUT2D eigenvalue weighted by Gasteiger charge is 2.39. The highest BCUT2D eigenvalue weighted by atomic mass is 16.5. The molecule has 0 aliphatic carbocycles. The summed E-state index contributed by atoms with van der Waals surface area (Å²) in [6.07, 6.45) is 0. The summed E-state index contributed by atoms with van der Waals surface area (Å²) in [5.74, 6) is 1.64. The maximum absolute atomic E-state index is 10.5. The zero-order chi connectivity index (χ0) is 38.6. The number of hydrogen-bond acceptors (Lipinski definition) is 5. The third kappa shape index (κ3) is 5.38. The molecule has 0 atom stereocenters. The van der Waals surface area contributed by atoms with E-state index in [9.17, 15) is 5.26 Å². The topological polar surface area (TPSA) is 53.1 Å². The molecule has 6 nitrogen and oxygen atoms in total. The fraction of sp³-hybridized carbons (Fsp3) is 0.120. The zero-order valence-electron chi connectivity index (χ0n) is 31.6. The first-order chi connectivity index (χ1) is 27.2. The van der Waals surface area contributed by atoms with Gasteiger partial charge >= 0.3 is 0 Å². The molecule has 270 valence electrons. The van der Waals surface area contributed by atoms with Crippen molar-refractivity contribution in [3.63, 3.8) is 0 Å². The monoisotopic (exact) mass is 726 g/mol. The largest absolute Gasteiger partial charge is 0.466 e. The third-order valence-electron chi connectivity index (χ3n) is 11.2. The van der Waals surface area contributed by atoms with Gasteiger partial charge in [-0.25, -0.2) is 4.85 Å². The normalized spacial score (nSPS) is 14.2. The van der Waals surface area contributed by atoms with Crippen molar-refractivity contribution >= 4 is 39.8 Å². The number of para-hydroxylation sites is 8. The number of nitriles is 1. The number of ether oxygens (including phenoxy) is 2. The first kappa shape index (κ1) is 34.5. The molecule has 2 aliphatic heterocycles. The van der Waals surface area contributed by atoms with Gasteiger partial charge in [0.2, 0.25) is 5.69 Å². The second kappa shape index (κ2) is 13.2. The molecule has 0 aromatic heterocycles. The second-order valence-corrected chi connectivity index (χ2v) is 15.2. The molecular weight excluding hydrogens is 689 g/mol. The molecule has 0 bridgehead atoms. The van der Waals surface area contributed by atoms with E-state index in [-0.39, 0.29) is 33.6 Å². The molecule has 0 unspecified atom stereocenters. The Balaban J connectivity index is 1.11. The van der Waals surface area contributed by atoms with Crippen LogP contribution in [-0.2, 0) is 10.8 Å². The Kier molecular flexibility index (Phi) is 8.15. The summed E-state index contributed by atoms with van der Waals surface area (Å²) in [4.78, 5) is 8.32. The van der Waals surface area contributed by atoms with Gasteiger partial charge in [-0.3, -0.25) is 0 Å². The van der Waals surface area contributed by atoms with E-state index in [2.05, 4.69) is 145 Å². The van der Waals surface area contributed by atoms with E-state index < -0.39 is 0 Å². The molecule has 0 amide bonds. The molecule has 0 saturated carbocycles. The summed E-state index contributed by atoms with van der Waals surface area (Å²) in [7, 11) is 0. The van der Waals surface area contributed by atoms with Gasteiger partial charge < -0.3 is 19.3 Å².